The first-order chi connectivity index (χ1) is 11.7. The zero-order valence-electron chi connectivity index (χ0n) is 17.4. The molecule has 4 N–H and O–H groups in total. The Bertz CT molecular complexity index is 412. The molecule has 0 aromatic heterocycles. The maximum atomic E-state index is 11.9. The van der Waals surface area contributed by atoms with Crippen LogP contribution in [0.4, 0.5) is 9.59 Å². The van der Waals surface area contributed by atoms with Gasteiger partial charge in [-0.25, -0.2) is 14.5 Å². The molecule has 8 nitrogen and oxygen atoms in total. The molecule has 0 radical (unpaired) electrons. The smallest absolute Gasteiger partial charge is 0.409 e. The SMILES string of the molecule is CCCCNC(=O)OC(C)N(C(C)C)C(C)(N)OC(=O)NCCCC.Cl.Cl. The van der Waals surface area contributed by atoms with Crippen molar-refractivity contribution in [2.75, 3.05) is 13.1 Å². The molecule has 0 saturated heterocycles. The van der Waals surface area contributed by atoms with Crippen molar-refractivity contribution in [1.82, 2.24) is 15.5 Å². The number of ether oxygens (including phenoxy) is 2. The first-order valence-electron chi connectivity index (χ1n) is 9.14. The van der Waals surface area contributed by atoms with Crippen molar-refractivity contribution in [3.8, 4) is 0 Å². The minimum atomic E-state index is -1.42. The van der Waals surface area contributed by atoms with Gasteiger partial charge in [-0.2, -0.15) is 0 Å². The Kier molecular flexibility index (Phi) is 18.3. The van der Waals surface area contributed by atoms with E-state index in [2.05, 4.69) is 10.6 Å². The van der Waals surface area contributed by atoms with Gasteiger partial charge in [-0.1, -0.05) is 26.7 Å². The molecule has 2 atom stereocenters. The van der Waals surface area contributed by atoms with Crippen molar-refractivity contribution in [3.05, 3.63) is 0 Å². The second-order valence-electron chi connectivity index (χ2n) is 6.51. The lowest BCUT2D eigenvalue weighted by atomic mass is 10.2. The highest BCUT2D eigenvalue weighted by Gasteiger charge is 2.38. The fraction of sp³-hybridized carbons (Fsp3) is 0.882. The third-order valence-corrected chi connectivity index (χ3v) is 3.64. The van der Waals surface area contributed by atoms with E-state index < -0.39 is 24.3 Å². The second-order valence-corrected chi connectivity index (χ2v) is 6.51. The quantitative estimate of drug-likeness (QED) is 0.340. The molecular weight excluding hydrogens is 395 g/mol. The number of amides is 2. The standard InChI is InChI=1S/C17H36N4O4.2ClH/c1-7-9-11-19-15(22)24-14(5)21(13(3)4)17(6,18)25-16(23)20-12-10-8-2;;/h13-14H,7-12,18H2,1-6H3,(H,19,22)(H,20,23);2*1H. The normalized spacial score (nSPS) is 13.7. The molecule has 0 aromatic carbocycles. The molecule has 0 aliphatic heterocycles. The number of nitrogens with one attached hydrogen (secondary N) is 2. The van der Waals surface area contributed by atoms with Crippen LogP contribution in [-0.2, 0) is 9.47 Å². The number of carbonyl (C=O) groups is 2. The largest absolute Gasteiger partial charge is 0.430 e. The number of nitrogens with zero attached hydrogens (tertiary/aromatic N) is 1. The fourth-order valence-electron chi connectivity index (χ4n) is 2.56. The summed E-state index contributed by atoms with van der Waals surface area (Å²) in [6, 6.07) is -0.114. The number of alkyl carbamates (subject to hydrolysis) is 2. The maximum absolute atomic E-state index is 11.9. The maximum Gasteiger partial charge on any atom is 0.409 e. The van der Waals surface area contributed by atoms with Crippen LogP contribution in [0.25, 0.3) is 0 Å². The van der Waals surface area contributed by atoms with Crippen LogP contribution >= 0.6 is 24.8 Å². The van der Waals surface area contributed by atoms with Crippen LogP contribution in [0.5, 0.6) is 0 Å². The molecule has 0 aromatic rings. The average molecular weight is 433 g/mol. The van der Waals surface area contributed by atoms with E-state index in [4.69, 9.17) is 15.2 Å². The van der Waals surface area contributed by atoms with Gasteiger partial charge in [0.05, 0.1) is 0 Å². The molecule has 0 fully saturated rings. The Morgan fingerprint density at radius 3 is 1.85 bits per heavy atom. The summed E-state index contributed by atoms with van der Waals surface area (Å²) in [6.07, 6.45) is 1.92. The Labute approximate surface area is 176 Å². The van der Waals surface area contributed by atoms with Crippen molar-refractivity contribution < 1.29 is 19.1 Å². The number of unbranched alkanes of at least 4 members (excludes halogenated alkanes) is 2. The number of halogens is 2. The summed E-state index contributed by atoms with van der Waals surface area (Å²) >= 11 is 0. The Hall–Kier alpha value is -0.960. The minimum absolute atomic E-state index is 0. The number of hydrogen-bond acceptors (Lipinski definition) is 6. The minimum Gasteiger partial charge on any atom is -0.430 e. The van der Waals surface area contributed by atoms with E-state index in [1.807, 2.05) is 27.7 Å². The van der Waals surface area contributed by atoms with E-state index in [-0.39, 0.29) is 30.9 Å². The molecule has 10 heteroatoms. The lowest BCUT2D eigenvalue weighted by molar-refractivity contribution is -0.172. The Morgan fingerprint density at radius 1 is 1.00 bits per heavy atom. The summed E-state index contributed by atoms with van der Waals surface area (Å²) in [7, 11) is 0. The van der Waals surface area contributed by atoms with Gasteiger partial charge in [0.1, 0.15) is 0 Å². The zero-order chi connectivity index (χ0) is 19.5. The lowest BCUT2D eigenvalue weighted by Crippen LogP contribution is -2.63. The molecule has 2 unspecified atom stereocenters. The van der Waals surface area contributed by atoms with E-state index in [0.29, 0.717) is 13.1 Å². The number of rotatable bonds is 11. The van der Waals surface area contributed by atoms with Crippen molar-refractivity contribution in [2.45, 2.75) is 85.3 Å². The van der Waals surface area contributed by atoms with Gasteiger partial charge in [0.15, 0.2) is 6.23 Å². The average Bonchev–Trinajstić information content (AvgIpc) is 2.46. The van der Waals surface area contributed by atoms with Crippen LogP contribution in [0, 0.1) is 0 Å². The first kappa shape index (κ1) is 30.8. The van der Waals surface area contributed by atoms with Crippen molar-refractivity contribution in [2.24, 2.45) is 5.73 Å². The second kappa shape index (κ2) is 16.0. The van der Waals surface area contributed by atoms with Gasteiger partial charge < -0.3 is 20.1 Å². The van der Waals surface area contributed by atoms with E-state index >= 15 is 0 Å². The van der Waals surface area contributed by atoms with E-state index in [0.717, 1.165) is 25.7 Å². The predicted molar refractivity (Wildman–Crippen MR) is 112 cm³/mol. The van der Waals surface area contributed by atoms with E-state index in [9.17, 15) is 9.59 Å². The number of nitrogens with two attached hydrogens (primary N) is 1. The Balaban J connectivity index is -0.00000288. The molecule has 27 heavy (non-hydrogen) atoms. The highest BCUT2D eigenvalue weighted by Crippen LogP contribution is 2.19. The molecular formula is C17H38Cl2N4O4. The van der Waals surface area contributed by atoms with Gasteiger partial charge >= 0.3 is 12.2 Å². The van der Waals surface area contributed by atoms with E-state index in [1.165, 1.54) is 0 Å². The number of carbonyl (C=O) groups excluding carboxylic acids is 2. The van der Waals surface area contributed by atoms with Gasteiger partial charge in [-0.05, 0) is 33.6 Å². The van der Waals surface area contributed by atoms with Crippen LogP contribution in [0.3, 0.4) is 0 Å². The molecule has 0 aliphatic carbocycles. The topological polar surface area (TPSA) is 106 Å². The Morgan fingerprint density at radius 2 is 1.44 bits per heavy atom. The third-order valence-electron chi connectivity index (χ3n) is 3.64. The van der Waals surface area contributed by atoms with Crippen LogP contribution in [-0.4, -0.2) is 48.3 Å². The molecule has 0 rings (SSSR count). The van der Waals surface area contributed by atoms with Crippen LogP contribution in [0.1, 0.15) is 67.2 Å². The zero-order valence-corrected chi connectivity index (χ0v) is 19.0. The molecule has 164 valence electrons. The van der Waals surface area contributed by atoms with Gasteiger partial charge in [-0.15, -0.1) is 24.8 Å². The van der Waals surface area contributed by atoms with Crippen molar-refractivity contribution in [3.63, 3.8) is 0 Å². The molecule has 0 saturated carbocycles. The molecule has 0 aliphatic rings. The highest BCUT2D eigenvalue weighted by atomic mass is 35.5. The predicted octanol–water partition coefficient (Wildman–Crippen LogP) is 3.57. The van der Waals surface area contributed by atoms with Gasteiger partial charge in [0.2, 0.25) is 5.85 Å². The molecule has 2 amide bonds. The third kappa shape index (κ3) is 12.9. The summed E-state index contributed by atoms with van der Waals surface area (Å²) in [6.45, 7) is 12.2. The molecule has 0 spiro atoms. The summed E-state index contributed by atoms with van der Waals surface area (Å²) in [5.41, 5.74) is 6.20. The summed E-state index contributed by atoms with van der Waals surface area (Å²) in [4.78, 5) is 25.4. The number of hydrogen-bond donors (Lipinski definition) is 3. The molecule has 0 bridgehead atoms. The van der Waals surface area contributed by atoms with Crippen LogP contribution in [0.15, 0.2) is 0 Å². The van der Waals surface area contributed by atoms with E-state index in [1.54, 1.807) is 18.7 Å². The van der Waals surface area contributed by atoms with Crippen molar-refractivity contribution in [1.29, 1.82) is 0 Å². The summed E-state index contributed by atoms with van der Waals surface area (Å²) < 4.78 is 10.7. The van der Waals surface area contributed by atoms with Gasteiger partial charge in [0, 0.05) is 26.1 Å². The van der Waals surface area contributed by atoms with Gasteiger partial charge in [0.25, 0.3) is 0 Å². The molecule has 0 heterocycles. The lowest BCUT2D eigenvalue weighted by Gasteiger charge is -2.42. The van der Waals surface area contributed by atoms with Crippen LogP contribution < -0.4 is 16.4 Å². The first-order valence-corrected chi connectivity index (χ1v) is 9.14. The van der Waals surface area contributed by atoms with Gasteiger partial charge in [-0.3, -0.25) is 5.73 Å². The monoisotopic (exact) mass is 432 g/mol. The highest BCUT2D eigenvalue weighted by molar-refractivity contribution is 5.85. The summed E-state index contributed by atoms with van der Waals surface area (Å²) in [5.74, 6) is -1.42. The van der Waals surface area contributed by atoms with Crippen molar-refractivity contribution >= 4 is 37.0 Å². The van der Waals surface area contributed by atoms with Crippen LogP contribution in [0.2, 0.25) is 0 Å². The fourth-order valence-corrected chi connectivity index (χ4v) is 2.56. The summed E-state index contributed by atoms with van der Waals surface area (Å²) in [5, 5.41) is 5.35.